The molecule has 2 atom stereocenters. The van der Waals surface area contributed by atoms with Gasteiger partial charge in [0.2, 0.25) is 0 Å². The molecule has 2 unspecified atom stereocenters. The highest BCUT2D eigenvalue weighted by Crippen LogP contribution is 2.16. The Morgan fingerprint density at radius 1 is 0.673 bits per heavy atom. The summed E-state index contributed by atoms with van der Waals surface area (Å²) in [4.78, 5) is 55.3. The fourth-order valence-electron chi connectivity index (χ4n) is 4.64. The number of esters is 2. The van der Waals surface area contributed by atoms with Gasteiger partial charge in [0.15, 0.2) is 0 Å². The van der Waals surface area contributed by atoms with Crippen molar-refractivity contribution in [2.75, 3.05) is 27.9 Å². The van der Waals surface area contributed by atoms with E-state index in [4.69, 9.17) is 39.0 Å². The number of carbonyl (C=O) groups is 3. The molecule has 0 spiro atoms. The minimum absolute atomic E-state index is 0.00731. The van der Waals surface area contributed by atoms with Crippen LogP contribution in [0.2, 0.25) is 0 Å². The van der Waals surface area contributed by atoms with Crippen molar-refractivity contribution in [1.82, 2.24) is 10.6 Å². The molecule has 0 aliphatic carbocycles. The minimum Gasteiger partial charge on any atom is -0.497 e. The fourth-order valence-corrected chi connectivity index (χ4v) is 4.64. The molecule has 0 heterocycles. The highest BCUT2D eigenvalue weighted by Gasteiger charge is 2.25. The van der Waals surface area contributed by atoms with Crippen molar-refractivity contribution in [3.05, 3.63) is 89.5 Å². The molecule has 4 N–H and O–H groups in total. The SMILES string of the molecule is COc1ccc(COC(=O)CCC(NC(=O)NC(CCCCN)Cc2ccc(OC)cc2)C(=O)OCc2ccc(OC)cc2)cc1.O=C=O. The molecule has 3 aromatic carbocycles. The molecule has 13 nitrogen and oxygen atoms in total. The van der Waals surface area contributed by atoms with Gasteiger partial charge in [0.25, 0.3) is 0 Å². The van der Waals surface area contributed by atoms with Crippen molar-refractivity contribution >= 4 is 24.1 Å². The van der Waals surface area contributed by atoms with Crippen LogP contribution in [0, 0.1) is 0 Å². The highest BCUT2D eigenvalue weighted by molar-refractivity contribution is 5.84. The number of ether oxygens (including phenoxy) is 5. The minimum atomic E-state index is -1.09. The van der Waals surface area contributed by atoms with E-state index in [9.17, 15) is 14.4 Å². The number of benzene rings is 3. The van der Waals surface area contributed by atoms with Crippen LogP contribution in [0.1, 0.15) is 48.8 Å². The van der Waals surface area contributed by atoms with Gasteiger partial charge in [-0.2, -0.15) is 9.59 Å². The summed E-state index contributed by atoms with van der Waals surface area (Å²) in [5.41, 5.74) is 8.25. The molecule has 2 amide bonds. The summed E-state index contributed by atoms with van der Waals surface area (Å²) in [6, 6.07) is 20.0. The van der Waals surface area contributed by atoms with E-state index in [1.54, 1.807) is 69.9 Å². The highest BCUT2D eigenvalue weighted by atomic mass is 16.5. The zero-order chi connectivity index (χ0) is 35.9. The summed E-state index contributed by atoms with van der Waals surface area (Å²) in [6.07, 6.45) is 3.05. The number of nitrogens with two attached hydrogens (primary N) is 1. The topological polar surface area (TPSA) is 182 Å². The molecular weight excluding hydrogens is 634 g/mol. The molecule has 0 aliphatic heterocycles. The Balaban J connectivity index is 0.00000267. The molecule has 13 heteroatoms. The quantitative estimate of drug-likeness (QED) is 0.123. The molecule has 0 saturated carbocycles. The first-order valence-corrected chi connectivity index (χ1v) is 15.7. The van der Waals surface area contributed by atoms with Gasteiger partial charge in [0, 0.05) is 12.5 Å². The number of carbonyl (C=O) groups excluding carboxylic acids is 5. The van der Waals surface area contributed by atoms with Crippen LogP contribution in [0.25, 0.3) is 0 Å². The second kappa shape index (κ2) is 23.0. The number of urea groups is 1. The largest absolute Gasteiger partial charge is 0.497 e. The molecule has 0 bridgehead atoms. The molecule has 0 aromatic heterocycles. The predicted octanol–water partition coefficient (Wildman–Crippen LogP) is 4.10. The first kappa shape index (κ1) is 39.8. The van der Waals surface area contributed by atoms with Gasteiger partial charge >= 0.3 is 24.1 Å². The molecule has 49 heavy (non-hydrogen) atoms. The molecule has 3 rings (SSSR count). The lowest BCUT2D eigenvalue weighted by Crippen LogP contribution is -2.50. The second-order valence-electron chi connectivity index (χ2n) is 10.8. The lowest BCUT2D eigenvalue weighted by molar-refractivity contribution is -0.191. The summed E-state index contributed by atoms with van der Waals surface area (Å²) < 4.78 is 26.5. The molecule has 0 fully saturated rings. The molecule has 0 aliphatic rings. The van der Waals surface area contributed by atoms with Gasteiger partial charge < -0.3 is 40.1 Å². The van der Waals surface area contributed by atoms with Crippen LogP contribution >= 0.6 is 0 Å². The summed E-state index contributed by atoms with van der Waals surface area (Å²) in [5.74, 6) is 0.942. The van der Waals surface area contributed by atoms with Crippen LogP contribution in [-0.2, 0) is 48.3 Å². The third-order valence-electron chi connectivity index (χ3n) is 7.31. The second-order valence-corrected chi connectivity index (χ2v) is 10.8. The molecule has 0 radical (unpaired) electrons. The van der Waals surface area contributed by atoms with E-state index in [0.717, 1.165) is 35.3 Å². The van der Waals surface area contributed by atoms with Crippen molar-refractivity contribution in [1.29, 1.82) is 0 Å². The molecular formula is C36H45N3O10. The number of rotatable bonds is 19. The molecule has 264 valence electrons. The normalized spacial score (nSPS) is 11.3. The average Bonchev–Trinajstić information content (AvgIpc) is 3.12. The standard InChI is InChI=1S/C35H45N3O8.CO2/c1-42-29-13-7-25(8-14-29)22-28(6-4-5-21-36)37-35(41)38-32(34(40)46-24-27-11-17-31(44-3)18-12-27)19-20-33(39)45-23-26-9-15-30(43-2)16-10-26;2-1-3/h7-18,28,32H,4-6,19-24,36H2,1-3H3,(H2,37,38,41);. The van der Waals surface area contributed by atoms with Crippen molar-refractivity contribution in [2.24, 2.45) is 5.73 Å². The Labute approximate surface area is 286 Å². The van der Waals surface area contributed by atoms with Gasteiger partial charge in [-0.15, -0.1) is 0 Å². The van der Waals surface area contributed by atoms with E-state index in [2.05, 4.69) is 10.6 Å². The first-order valence-electron chi connectivity index (χ1n) is 15.7. The van der Waals surface area contributed by atoms with E-state index >= 15 is 0 Å². The van der Waals surface area contributed by atoms with Crippen LogP contribution in [0.3, 0.4) is 0 Å². The first-order chi connectivity index (χ1) is 23.7. The van der Waals surface area contributed by atoms with Crippen molar-refractivity contribution in [2.45, 2.75) is 63.8 Å². The smallest absolute Gasteiger partial charge is 0.373 e. The Bertz CT molecular complexity index is 1440. The summed E-state index contributed by atoms with van der Waals surface area (Å²) in [6.45, 7) is 0.612. The number of methoxy groups -OCH3 is 3. The van der Waals surface area contributed by atoms with Crippen molar-refractivity contribution < 1.29 is 47.7 Å². The average molecular weight is 680 g/mol. The van der Waals surface area contributed by atoms with Crippen LogP contribution in [0.4, 0.5) is 4.79 Å². The third-order valence-corrected chi connectivity index (χ3v) is 7.31. The van der Waals surface area contributed by atoms with Crippen molar-refractivity contribution in [3.63, 3.8) is 0 Å². The fraction of sp³-hybridized carbons (Fsp3) is 0.389. The summed E-state index contributed by atoms with van der Waals surface area (Å²) >= 11 is 0. The summed E-state index contributed by atoms with van der Waals surface area (Å²) in [7, 11) is 4.75. The van der Waals surface area contributed by atoms with Gasteiger partial charge in [-0.05, 0) is 85.3 Å². The monoisotopic (exact) mass is 679 g/mol. The number of unbranched alkanes of at least 4 members (excludes halogenated alkanes) is 1. The summed E-state index contributed by atoms with van der Waals surface area (Å²) in [5, 5.41) is 5.73. The lowest BCUT2D eigenvalue weighted by atomic mass is 10.0. The zero-order valence-corrected chi connectivity index (χ0v) is 28.1. The van der Waals surface area contributed by atoms with Gasteiger partial charge in [-0.3, -0.25) is 4.79 Å². The Morgan fingerprint density at radius 3 is 1.61 bits per heavy atom. The maximum Gasteiger partial charge on any atom is 0.373 e. The maximum absolute atomic E-state index is 13.2. The van der Waals surface area contributed by atoms with E-state index < -0.39 is 24.0 Å². The lowest BCUT2D eigenvalue weighted by Gasteiger charge is -2.22. The Morgan fingerprint density at radius 2 is 1.14 bits per heavy atom. The third kappa shape index (κ3) is 15.8. The van der Waals surface area contributed by atoms with Crippen LogP contribution in [0.15, 0.2) is 72.8 Å². The van der Waals surface area contributed by atoms with E-state index in [1.807, 2.05) is 24.3 Å². The molecule has 0 saturated heterocycles. The van der Waals surface area contributed by atoms with Gasteiger partial charge in [0.05, 0.1) is 21.3 Å². The van der Waals surface area contributed by atoms with Crippen LogP contribution in [-0.4, -0.2) is 64.1 Å². The van der Waals surface area contributed by atoms with E-state index in [-0.39, 0.29) is 38.2 Å². The maximum atomic E-state index is 13.2. The number of hydrogen-bond donors (Lipinski definition) is 3. The van der Waals surface area contributed by atoms with Gasteiger partial charge in [-0.25, -0.2) is 9.59 Å². The van der Waals surface area contributed by atoms with Crippen molar-refractivity contribution in [3.8, 4) is 17.2 Å². The Kier molecular flexibility index (Phi) is 18.7. The van der Waals surface area contributed by atoms with E-state index in [1.165, 1.54) is 0 Å². The number of amides is 2. The Hall–Kier alpha value is -5.39. The van der Waals surface area contributed by atoms with Gasteiger partial charge in [0.1, 0.15) is 36.5 Å². The molecule has 3 aromatic rings. The van der Waals surface area contributed by atoms with Gasteiger partial charge in [-0.1, -0.05) is 42.8 Å². The zero-order valence-electron chi connectivity index (χ0n) is 28.1. The number of nitrogens with one attached hydrogen (secondary N) is 2. The predicted molar refractivity (Wildman–Crippen MR) is 179 cm³/mol. The number of hydrogen-bond acceptors (Lipinski definition) is 11. The van der Waals surface area contributed by atoms with E-state index in [0.29, 0.717) is 30.9 Å². The van der Waals surface area contributed by atoms with Crippen LogP contribution < -0.4 is 30.6 Å². The van der Waals surface area contributed by atoms with Crippen LogP contribution in [0.5, 0.6) is 17.2 Å².